The van der Waals surface area contributed by atoms with Crippen molar-refractivity contribution in [3.63, 3.8) is 0 Å². The Morgan fingerprint density at radius 2 is 1.19 bits per heavy atom. The molecule has 0 unspecified atom stereocenters. The zero-order chi connectivity index (χ0) is 26.3. The van der Waals surface area contributed by atoms with Crippen LogP contribution in [0.2, 0.25) is 0 Å². The third kappa shape index (κ3) is 4.12. The van der Waals surface area contributed by atoms with Crippen molar-refractivity contribution in [3.05, 3.63) is 109 Å². The molecule has 0 radical (unpaired) electrons. The van der Waals surface area contributed by atoms with Crippen molar-refractivity contribution in [1.82, 2.24) is 0 Å². The minimum Gasteiger partial charge on any atom is -0.507 e. The molecular weight excluding hydrogens is 472 g/mol. The van der Waals surface area contributed by atoms with Gasteiger partial charge in [-0.2, -0.15) is 0 Å². The molecule has 188 valence electrons. The van der Waals surface area contributed by atoms with Crippen LogP contribution in [-0.2, 0) is 12.8 Å². The Balaban J connectivity index is 1.88. The lowest BCUT2D eigenvalue weighted by Crippen LogP contribution is -2.21. The lowest BCUT2D eigenvalue weighted by molar-refractivity contribution is 0.414. The summed E-state index contributed by atoms with van der Waals surface area (Å²) in [6.45, 7) is 3.95. The molecule has 0 saturated carbocycles. The Labute approximate surface area is 212 Å². The molecule has 0 aliphatic rings. The number of hydrogen-bond donors (Lipinski definition) is 2. The number of methoxy groups -OCH3 is 1. The molecule has 0 aliphatic carbocycles. The maximum Gasteiger partial charge on any atom is 0.344 e. The van der Waals surface area contributed by atoms with Gasteiger partial charge in [0, 0.05) is 0 Å². The van der Waals surface area contributed by atoms with Gasteiger partial charge in [-0.15, -0.1) is 0 Å². The quantitative estimate of drug-likeness (QED) is 0.292. The van der Waals surface area contributed by atoms with Gasteiger partial charge < -0.3 is 23.8 Å². The molecule has 5 aromatic rings. The van der Waals surface area contributed by atoms with Gasteiger partial charge in [0.1, 0.15) is 28.4 Å². The van der Waals surface area contributed by atoms with Gasteiger partial charge >= 0.3 is 11.3 Å². The minimum atomic E-state index is -1.18. The summed E-state index contributed by atoms with van der Waals surface area (Å²) in [5.41, 5.74) is 0.792. The van der Waals surface area contributed by atoms with Crippen LogP contribution < -0.4 is 16.0 Å². The molecule has 0 atom stereocenters. The van der Waals surface area contributed by atoms with Crippen LogP contribution in [-0.4, -0.2) is 17.3 Å². The van der Waals surface area contributed by atoms with Gasteiger partial charge in [0.25, 0.3) is 0 Å². The molecular formula is C30H26O7. The van der Waals surface area contributed by atoms with Crippen LogP contribution in [0.25, 0.3) is 21.9 Å². The van der Waals surface area contributed by atoms with E-state index >= 15 is 0 Å². The zero-order valence-electron chi connectivity index (χ0n) is 20.7. The zero-order valence-corrected chi connectivity index (χ0v) is 20.7. The van der Waals surface area contributed by atoms with E-state index in [1.165, 1.54) is 7.11 Å². The molecule has 0 saturated heterocycles. The largest absolute Gasteiger partial charge is 0.507 e. The van der Waals surface area contributed by atoms with Crippen molar-refractivity contribution in [2.45, 2.75) is 32.6 Å². The highest BCUT2D eigenvalue weighted by Gasteiger charge is 2.32. The monoisotopic (exact) mass is 498 g/mol. The molecule has 7 nitrogen and oxygen atoms in total. The van der Waals surface area contributed by atoms with E-state index in [9.17, 15) is 19.8 Å². The van der Waals surface area contributed by atoms with Gasteiger partial charge in [-0.25, -0.2) is 9.59 Å². The molecule has 2 aromatic heterocycles. The lowest BCUT2D eigenvalue weighted by atomic mass is 9.84. The number of fused-ring (bicyclic) bond motifs is 2. The lowest BCUT2D eigenvalue weighted by Gasteiger charge is -2.20. The molecule has 0 aliphatic heterocycles. The SMILES string of the molecule is CCc1ccc2oc(=O)c(C(c3ccc(OC)cc3)c3c(O)c4cc(CC)ccc4oc3=O)c(O)c2c1. The highest BCUT2D eigenvalue weighted by atomic mass is 16.5. The van der Waals surface area contributed by atoms with Gasteiger partial charge in [0.05, 0.1) is 34.9 Å². The van der Waals surface area contributed by atoms with E-state index in [2.05, 4.69) is 0 Å². The summed E-state index contributed by atoms with van der Waals surface area (Å²) in [7, 11) is 1.52. The summed E-state index contributed by atoms with van der Waals surface area (Å²) in [5.74, 6) is -1.25. The normalized spacial score (nSPS) is 11.5. The Morgan fingerprint density at radius 3 is 1.59 bits per heavy atom. The van der Waals surface area contributed by atoms with Gasteiger partial charge in [-0.05, 0) is 65.9 Å². The molecule has 3 aromatic carbocycles. The first-order valence-corrected chi connectivity index (χ1v) is 12.1. The second-order valence-corrected chi connectivity index (χ2v) is 8.88. The van der Waals surface area contributed by atoms with E-state index < -0.39 is 17.2 Å². The third-order valence-electron chi connectivity index (χ3n) is 6.80. The number of rotatable bonds is 6. The summed E-state index contributed by atoms with van der Waals surface area (Å²) >= 11 is 0. The molecule has 0 fully saturated rings. The van der Waals surface area contributed by atoms with Crippen LogP contribution in [0.3, 0.4) is 0 Å². The maximum atomic E-state index is 13.3. The fourth-order valence-electron chi connectivity index (χ4n) is 4.72. The molecule has 0 spiro atoms. The van der Waals surface area contributed by atoms with Gasteiger partial charge in [0.15, 0.2) is 0 Å². The molecule has 2 N–H and O–H groups in total. The Hall–Kier alpha value is -4.52. The van der Waals surface area contributed by atoms with E-state index in [0.29, 0.717) is 34.9 Å². The third-order valence-corrected chi connectivity index (χ3v) is 6.80. The maximum absolute atomic E-state index is 13.3. The van der Waals surface area contributed by atoms with E-state index in [4.69, 9.17) is 13.6 Å². The van der Waals surface area contributed by atoms with Crippen LogP contribution in [0.5, 0.6) is 17.2 Å². The minimum absolute atomic E-state index is 0.167. The van der Waals surface area contributed by atoms with E-state index in [-0.39, 0.29) is 33.8 Å². The molecule has 7 heteroatoms. The van der Waals surface area contributed by atoms with Crippen LogP contribution in [0.4, 0.5) is 0 Å². The average Bonchev–Trinajstić information content (AvgIpc) is 2.92. The number of benzene rings is 3. The van der Waals surface area contributed by atoms with Crippen molar-refractivity contribution in [2.75, 3.05) is 7.11 Å². The smallest absolute Gasteiger partial charge is 0.344 e. The average molecular weight is 499 g/mol. The fourth-order valence-corrected chi connectivity index (χ4v) is 4.72. The Morgan fingerprint density at radius 1 is 0.730 bits per heavy atom. The van der Waals surface area contributed by atoms with Crippen LogP contribution >= 0.6 is 0 Å². The number of ether oxygens (including phenoxy) is 1. The molecule has 2 heterocycles. The number of aryl methyl sites for hydroxylation is 2. The summed E-state index contributed by atoms with van der Waals surface area (Å²) in [5, 5.41) is 23.5. The Kier molecular flexibility index (Phi) is 6.21. The van der Waals surface area contributed by atoms with Crippen LogP contribution in [0, 0.1) is 0 Å². The fraction of sp³-hybridized carbons (Fsp3) is 0.200. The second-order valence-electron chi connectivity index (χ2n) is 8.88. The second kappa shape index (κ2) is 9.50. The highest BCUT2D eigenvalue weighted by Crippen LogP contribution is 2.42. The van der Waals surface area contributed by atoms with Crippen molar-refractivity contribution in [2.24, 2.45) is 0 Å². The van der Waals surface area contributed by atoms with Crippen molar-refractivity contribution in [1.29, 1.82) is 0 Å². The van der Waals surface area contributed by atoms with E-state index in [0.717, 1.165) is 11.1 Å². The van der Waals surface area contributed by atoms with Crippen molar-refractivity contribution in [3.8, 4) is 17.2 Å². The van der Waals surface area contributed by atoms with Gasteiger partial charge in [-0.1, -0.05) is 38.1 Å². The van der Waals surface area contributed by atoms with Gasteiger partial charge in [0.2, 0.25) is 0 Å². The van der Waals surface area contributed by atoms with Crippen molar-refractivity contribution < 1.29 is 23.8 Å². The highest BCUT2D eigenvalue weighted by molar-refractivity contribution is 5.87. The van der Waals surface area contributed by atoms with E-state index in [1.54, 1.807) is 48.5 Å². The molecule has 37 heavy (non-hydrogen) atoms. The van der Waals surface area contributed by atoms with E-state index in [1.807, 2.05) is 26.0 Å². The van der Waals surface area contributed by atoms with Crippen LogP contribution in [0.1, 0.15) is 47.6 Å². The van der Waals surface area contributed by atoms with Crippen molar-refractivity contribution >= 4 is 21.9 Å². The predicted octanol–water partition coefficient (Wildman–Crippen LogP) is 5.62. The number of hydrogen-bond acceptors (Lipinski definition) is 7. The molecule has 5 rings (SSSR count). The summed E-state index contributed by atoms with van der Waals surface area (Å²) in [6.07, 6.45) is 1.42. The summed E-state index contributed by atoms with van der Waals surface area (Å²) in [4.78, 5) is 26.7. The summed E-state index contributed by atoms with van der Waals surface area (Å²) in [6, 6.07) is 17.1. The first kappa shape index (κ1) is 24.2. The standard InChI is InChI=1S/C30H26O7/c1-4-16-6-12-22-20(14-16)27(31)25(29(33)36-22)24(18-8-10-19(35-3)11-9-18)26-28(32)21-15-17(5-2)7-13-23(21)37-30(26)34/h6-15,24,31-32H,4-5H2,1-3H3. The topological polar surface area (TPSA) is 110 Å². The molecule has 0 bridgehead atoms. The van der Waals surface area contributed by atoms with Crippen LogP contribution in [0.15, 0.2) is 79.1 Å². The predicted molar refractivity (Wildman–Crippen MR) is 141 cm³/mol. The first-order chi connectivity index (χ1) is 17.9. The molecule has 0 amide bonds. The summed E-state index contributed by atoms with van der Waals surface area (Å²) < 4.78 is 16.4. The number of aromatic hydroxyl groups is 2. The van der Waals surface area contributed by atoms with Gasteiger partial charge in [-0.3, -0.25) is 0 Å². The Bertz CT molecular complexity index is 1640. The first-order valence-electron chi connectivity index (χ1n) is 12.1.